The van der Waals surface area contributed by atoms with E-state index in [1.165, 1.54) is 67.4 Å². The Hall–Kier alpha value is -7.15. The molecule has 0 fully saturated rings. The lowest BCUT2D eigenvalue weighted by Gasteiger charge is -2.40. The SMILES string of the molecule is Fc1ccc(N(c2ccc(F)cc2)c2cccc3c2C2CC=CC(N(c4ccccc4)c4ccc5c(c4)C4(c6ccccc6Sc6ccccc64)c4ccccc4-5)=C2O3)cc1. The molecule has 0 amide bonds. The van der Waals surface area contributed by atoms with E-state index in [0.29, 0.717) is 0 Å². The van der Waals surface area contributed by atoms with Gasteiger partial charge in [-0.2, -0.15) is 0 Å². The van der Waals surface area contributed by atoms with E-state index in [1.807, 2.05) is 23.9 Å². The highest BCUT2D eigenvalue weighted by Gasteiger charge is 2.50. The van der Waals surface area contributed by atoms with Crippen molar-refractivity contribution in [1.82, 2.24) is 0 Å². The molecular formula is C55H36F2N2OS. The summed E-state index contributed by atoms with van der Waals surface area (Å²) in [6.45, 7) is 0. The Bertz CT molecular complexity index is 3010. The summed E-state index contributed by atoms with van der Waals surface area (Å²) in [5, 5.41) is 0. The summed E-state index contributed by atoms with van der Waals surface area (Å²) in [7, 11) is 0. The van der Waals surface area contributed by atoms with Crippen molar-refractivity contribution in [3.63, 3.8) is 0 Å². The van der Waals surface area contributed by atoms with Crippen LogP contribution in [0.15, 0.2) is 221 Å². The molecule has 3 nitrogen and oxygen atoms in total. The Morgan fingerprint density at radius 2 is 1.08 bits per heavy atom. The van der Waals surface area contributed by atoms with Crippen LogP contribution in [0.25, 0.3) is 11.1 Å². The highest BCUT2D eigenvalue weighted by atomic mass is 32.2. The third-order valence-corrected chi connectivity index (χ3v) is 13.7. The first-order valence-corrected chi connectivity index (χ1v) is 21.4. The van der Waals surface area contributed by atoms with Crippen molar-refractivity contribution >= 4 is 40.2 Å². The fourth-order valence-corrected chi connectivity index (χ4v) is 11.3. The average Bonchev–Trinajstić information content (AvgIpc) is 3.83. The number of anilines is 5. The van der Waals surface area contributed by atoms with Crippen molar-refractivity contribution in [2.24, 2.45) is 0 Å². The molecule has 0 bridgehead atoms. The van der Waals surface area contributed by atoms with Crippen molar-refractivity contribution in [3.8, 4) is 16.9 Å². The van der Waals surface area contributed by atoms with E-state index < -0.39 is 5.41 Å². The smallest absolute Gasteiger partial charge is 0.136 e. The number of allylic oxidation sites excluding steroid dienone is 3. The summed E-state index contributed by atoms with van der Waals surface area (Å²) < 4.78 is 35.7. The number of ether oxygens (including phenoxy) is 1. The summed E-state index contributed by atoms with van der Waals surface area (Å²) >= 11 is 1.85. The summed E-state index contributed by atoms with van der Waals surface area (Å²) in [4.78, 5) is 6.93. The van der Waals surface area contributed by atoms with Gasteiger partial charge in [-0.1, -0.05) is 109 Å². The van der Waals surface area contributed by atoms with Gasteiger partial charge in [-0.3, -0.25) is 0 Å². The third-order valence-electron chi connectivity index (χ3n) is 12.6. The van der Waals surface area contributed by atoms with Gasteiger partial charge in [0, 0.05) is 38.1 Å². The zero-order valence-electron chi connectivity index (χ0n) is 32.8. The highest BCUT2D eigenvalue weighted by molar-refractivity contribution is 7.99. The quantitative estimate of drug-likeness (QED) is 0.166. The lowest BCUT2D eigenvalue weighted by atomic mass is 9.67. The predicted octanol–water partition coefficient (Wildman–Crippen LogP) is 14.7. The van der Waals surface area contributed by atoms with Crippen molar-refractivity contribution in [3.05, 3.63) is 251 Å². The average molecular weight is 811 g/mol. The number of hydrogen-bond donors (Lipinski definition) is 0. The first-order chi connectivity index (χ1) is 30.1. The van der Waals surface area contributed by atoms with E-state index in [0.717, 1.165) is 57.6 Å². The van der Waals surface area contributed by atoms with Gasteiger partial charge < -0.3 is 14.5 Å². The van der Waals surface area contributed by atoms with Gasteiger partial charge in [0.25, 0.3) is 0 Å². The van der Waals surface area contributed by atoms with Crippen molar-refractivity contribution in [1.29, 1.82) is 0 Å². The van der Waals surface area contributed by atoms with Gasteiger partial charge in [0.1, 0.15) is 23.1 Å². The molecule has 0 saturated heterocycles. The Labute approximate surface area is 357 Å². The van der Waals surface area contributed by atoms with E-state index in [2.05, 4.69) is 149 Å². The number of hydrogen-bond acceptors (Lipinski definition) is 4. The fourth-order valence-electron chi connectivity index (χ4n) is 10.1. The zero-order valence-corrected chi connectivity index (χ0v) is 33.6. The number of fused-ring (bicyclic) bond motifs is 12. The molecule has 0 radical (unpaired) electrons. The van der Waals surface area contributed by atoms with Gasteiger partial charge in [-0.05, 0) is 143 Å². The molecule has 8 aromatic carbocycles. The van der Waals surface area contributed by atoms with Crippen LogP contribution in [0.5, 0.6) is 5.75 Å². The van der Waals surface area contributed by atoms with Crippen molar-refractivity contribution in [2.45, 2.75) is 27.5 Å². The molecule has 1 spiro atoms. The molecule has 2 aliphatic carbocycles. The molecule has 12 rings (SSSR count). The summed E-state index contributed by atoms with van der Waals surface area (Å²) in [6, 6.07) is 63.1. The Morgan fingerprint density at radius 3 is 1.77 bits per heavy atom. The summed E-state index contributed by atoms with van der Waals surface area (Å²) in [5.74, 6) is 0.845. The molecule has 0 saturated carbocycles. The molecular weight excluding hydrogens is 775 g/mol. The minimum atomic E-state index is -0.523. The minimum absolute atomic E-state index is 0.125. The number of rotatable bonds is 6. The van der Waals surface area contributed by atoms with Crippen LogP contribution >= 0.6 is 11.8 Å². The number of nitrogens with zero attached hydrogens (tertiary/aromatic N) is 2. The molecule has 2 heterocycles. The molecule has 1 unspecified atom stereocenters. The standard InChI is InChI=1S/C55H36F2N2OS/c56-35-24-28-38(29-25-35)58(39-30-26-36(57)27-31-39)48-19-11-21-50-53(48)43-15-10-20-49(54(43)60-50)59(37-12-2-1-3-13-37)40-32-33-42-41-14-4-5-16-44(41)55(47(42)34-40)45-17-6-8-22-51(45)61-52-23-9-7-18-46(52)55/h1-14,16-34,43H,15H2. The Balaban J connectivity index is 1.06. The van der Waals surface area contributed by atoms with Crippen LogP contribution in [0.2, 0.25) is 0 Å². The van der Waals surface area contributed by atoms with Crippen LogP contribution in [0.1, 0.15) is 40.2 Å². The van der Waals surface area contributed by atoms with Crippen LogP contribution < -0.4 is 14.5 Å². The second-order valence-corrected chi connectivity index (χ2v) is 16.9. The highest BCUT2D eigenvalue weighted by Crippen LogP contribution is 2.63. The maximum Gasteiger partial charge on any atom is 0.136 e. The zero-order chi connectivity index (χ0) is 40.7. The Morgan fingerprint density at radius 1 is 0.508 bits per heavy atom. The van der Waals surface area contributed by atoms with Gasteiger partial charge in [-0.25, -0.2) is 8.78 Å². The molecule has 61 heavy (non-hydrogen) atoms. The second-order valence-electron chi connectivity index (χ2n) is 15.8. The van der Waals surface area contributed by atoms with Crippen LogP contribution in [-0.4, -0.2) is 0 Å². The van der Waals surface area contributed by atoms with Gasteiger partial charge in [0.2, 0.25) is 0 Å². The van der Waals surface area contributed by atoms with Gasteiger partial charge in [0.05, 0.1) is 22.7 Å². The van der Waals surface area contributed by atoms with E-state index in [4.69, 9.17) is 4.74 Å². The molecule has 0 N–H and O–H groups in total. The lowest BCUT2D eigenvalue weighted by molar-refractivity contribution is 0.418. The normalized spacial score (nSPS) is 15.9. The summed E-state index contributed by atoms with van der Waals surface area (Å²) in [6.07, 6.45) is 5.16. The molecule has 4 aliphatic rings. The molecule has 292 valence electrons. The largest absolute Gasteiger partial charge is 0.458 e. The number of halogens is 2. The Kier molecular flexibility index (Phi) is 8.19. The van der Waals surface area contributed by atoms with Crippen LogP contribution in [0.3, 0.4) is 0 Å². The van der Waals surface area contributed by atoms with E-state index in [9.17, 15) is 8.78 Å². The van der Waals surface area contributed by atoms with E-state index >= 15 is 0 Å². The van der Waals surface area contributed by atoms with E-state index in [-0.39, 0.29) is 17.6 Å². The molecule has 1 atom stereocenters. The molecule has 2 aliphatic heterocycles. The van der Waals surface area contributed by atoms with Gasteiger partial charge in [-0.15, -0.1) is 0 Å². The van der Waals surface area contributed by atoms with Crippen LogP contribution in [0.4, 0.5) is 37.2 Å². The minimum Gasteiger partial charge on any atom is -0.458 e. The maximum atomic E-state index is 14.3. The second kappa shape index (κ2) is 14.0. The lowest BCUT2D eigenvalue weighted by Crippen LogP contribution is -2.32. The third kappa shape index (κ3) is 5.42. The summed E-state index contributed by atoms with van der Waals surface area (Å²) in [5.41, 5.74) is 13.5. The topological polar surface area (TPSA) is 15.7 Å². The molecule has 0 aromatic heterocycles. The number of benzene rings is 8. The molecule has 8 aromatic rings. The van der Waals surface area contributed by atoms with E-state index in [1.54, 1.807) is 24.3 Å². The molecule has 6 heteroatoms. The first kappa shape index (κ1) is 35.8. The first-order valence-electron chi connectivity index (χ1n) is 20.6. The van der Waals surface area contributed by atoms with Gasteiger partial charge in [0.15, 0.2) is 0 Å². The van der Waals surface area contributed by atoms with Crippen molar-refractivity contribution in [2.75, 3.05) is 9.80 Å². The van der Waals surface area contributed by atoms with Gasteiger partial charge >= 0.3 is 0 Å². The maximum absolute atomic E-state index is 14.3. The fraction of sp³-hybridized carbons (Fsp3) is 0.0545. The van der Waals surface area contributed by atoms with Crippen molar-refractivity contribution < 1.29 is 13.5 Å². The van der Waals surface area contributed by atoms with Crippen LogP contribution in [0, 0.1) is 11.6 Å². The van der Waals surface area contributed by atoms with Crippen LogP contribution in [-0.2, 0) is 5.41 Å². The monoisotopic (exact) mass is 810 g/mol. The predicted molar refractivity (Wildman–Crippen MR) is 242 cm³/mol. The number of para-hydroxylation sites is 1.